The van der Waals surface area contributed by atoms with Gasteiger partial charge in [0.2, 0.25) is 0 Å². The van der Waals surface area contributed by atoms with Crippen molar-refractivity contribution in [2.24, 2.45) is 0 Å². The molecule has 1 amide bonds. The van der Waals surface area contributed by atoms with Crippen LogP contribution in [0.2, 0.25) is 0 Å². The number of nitrogens with zero attached hydrogens (tertiary/aromatic N) is 2. The second-order valence-corrected chi connectivity index (χ2v) is 7.82. The standard InChI is InChI=1S/C26H22FN3O3/c1-16-12-18(10-11-24(16)31)23-14-22(28-26(33)29-23)17-7-5-8-19(13-17)25(32)30(2)15-20-6-3-4-9-21(20)27/h3-14,31H,15H2,1-2H3,(H,28,29,33). The number of H-pyrrole nitrogens is 1. The molecule has 0 atom stereocenters. The van der Waals surface area contributed by atoms with Gasteiger partial charge in [0.25, 0.3) is 5.91 Å². The monoisotopic (exact) mass is 443 g/mol. The molecular weight excluding hydrogens is 421 g/mol. The van der Waals surface area contributed by atoms with Gasteiger partial charge >= 0.3 is 5.69 Å². The van der Waals surface area contributed by atoms with E-state index in [-0.39, 0.29) is 24.0 Å². The number of carbonyl (C=O) groups is 1. The molecule has 0 unspecified atom stereocenters. The van der Waals surface area contributed by atoms with Crippen molar-refractivity contribution in [3.05, 3.63) is 106 Å². The van der Waals surface area contributed by atoms with Gasteiger partial charge in [-0.2, -0.15) is 4.98 Å². The van der Waals surface area contributed by atoms with Gasteiger partial charge in [-0.15, -0.1) is 0 Å². The van der Waals surface area contributed by atoms with E-state index < -0.39 is 5.69 Å². The average molecular weight is 443 g/mol. The second kappa shape index (κ2) is 9.08. The van der Waals surface area contributed by atoms with Gasteiger partial charge in [0.05, 0.1) is 11.4 Å². The van der Waals surface area contributed by atoms with E-state index in [1.165, 1.54) is 11.0 Å². The zero-order valence-corrected chi connectivity index (χ0v) is 18.2. The molecule has 4 rings (SSSR count). The van der Waals surface area contributed by atoms with Gasteiger partial charge in [-0.25, -0.2) is 9.18 Å². The molecule has 1 heterocycles. The fourth-order valence-electron chi connectivity index (χ4n) is 3.57. The van der Waals surface area contributed by atoms with Gasteiger partial charge in [0.15, 0.2) is 0 Å². The fourth-order valence-corrected chi connectivity index (χ4v) is 3.57. The highest BCUT2D eigenvalue weighted by molar-refractivity contribution is 5.95. The number of aryl methyl sites for hydroxylation is 1. The van der Waals surface area contributed by atoms with E-state index in [1.807, 2.05) is 0 Å². The minimum atomic E-state index is -0.526. The molecule has 0 radical (unpaired) electrons. The quantitative estimate of drug-likeness (QED) is 0.475. The Balaban J connectivity index is 1.64. The Morgan fingerprint density at radius 2 is 1.82 bits per heavy atom. The van der Waals surface area contributed by atoms with Crippen molar-refractivity contribution < 1.29 is 14.3 Å². The van der Waals surface area contributed by atoms with Crippen molar-refractivity contribution in [3.8, 4) is 28.3 Å². The Hall–Kier alpha value is -4.26. The lowest BCUT2D eigenvalue weighted by atomic mass is 10.0. The van der Waals surface area contributed by atoms with E-state index in [2.05, 4.69) is 9.97 Å². The van der Waals surface area contributed by atoms with Gasteiger partial charge in [0, 0.05) is 30.3 Å². The fraction of sp³-hybridized carbons (Fsp3) is 0.115. The van der Waals surface area contributed by atoms with E-state index in [0.717, 1.165) is 5.56 Å². The van der Waals surface area contributed by atoms with Crippen LogP contribution in [0.15, 0.2) is 77.6 Å². The summed E-state index contributed by atoms with van der Waals surface area (Å²) in [4.78, 5) is 33.4. The first-order valence-corrected chi connectivity index (χ1v) is 10.3. The number of hydrogen-bond acceptors (Lipinski definition) is 4. The molecule has 0 saturated heterocycles. The summed E-state index contributed by atoms with van der Waals surface area (Å²) in [6.45, 7) is 1.90. The molecule has 0 bridgehead atoms. The molecule has 3 aromatic carbocycles. The largest absolute Gasteiger partial charge is 0.508 e. The number of carbonyl (C=O) groups excluding carboxylic acids is 1. The highest BCUT2D eigenvalue weighted by Gasteiger charge is 2.15. The van der Waals surface area contributed by atoms with Crippen LogP contribution in [-0.2, 0) is 6.54 Å². The van der Waals surface area contributed by atoms with Crippen molar-refractivity contribution in [1.82, 2.24) is 14.9 Å². The Labute approximate surface area is 190 Å². The summed E-state index contributed by atoms with van der Waals surface area (Å²) in [7, 11) is 1.61. The Bertz CT molecular complexity index is 1400. The zero-order chi connectivity index (χ0) is 23.5. The molecular formula is C26H22FN3O3. The third kappa shape index (κ3) is 4.82. The molecule has 7 heteroatoms. The molecule has 0 aliphatic heterocycles. The number of aromatic hydroxyl groups is 1. The van der Waals surface area contributed by atoms with Crippen LogP contribution in [-0.4, -0.2) is 32.9 Å². The molecule has 0 fully saturated rings. The number of halogens is 1. The number of rotatable bonds is 5. The summed E-state index contributed by atoms with van der Waals surface area (Å²) in [6, 6.07) is 19.9. The summed E-state index contributed by atoms with van der Waals surface area (Å²) in [5.41, 5.74) is 3.25. The highest BCUT2D eigenvalue weighted by atomic mass is 19.1. The van der Waals surface area contributed by atoms with E-state index in [0.29, 0.717) is 33.6 Å². The molecule has 6 nitrogen and oxygen atoms in total. The SMILES string of the molecule is Cc1cc(-c2cc(-c3cccc(C(=O)N(C)Cc4ccccc4F)c3)nc(=O)[nH]2)ccc1O. The Kier molecular flexibility index (Phi) is 6.04. The molecule has 0 saturated carbocycles. The average Bonchev–Trinajstić information content (AvgIpc) is 2.81. The van der Waals surface area contributed by atoms with E-state index >= 15 is 0 Å². The number of nitrogens with one attached hydrogen (secondary N) is 1. The van der Waals surface area contributed by atoms with E-state index in [4.69, 9.17) is 0 Å². The maximum absolute atomic E-state index is 14.0. The molecule has 1 aromatic heterocycles. The van der Waals surface area contributed by atoms with Crippen LogP contribution in [0, 0.1) is 12.7 Å². The topological polar surface area (TPSA) is 86.3 Å². The predicted octanol–water partition coefficient (Wildman–Crippen LogP) is 4.53. The molecule has 166 valence electrons. The molecule has 0 aliphatic carbocycles. The third-order valence-corrected chi connectivity index (χ3v) is 5.37. The van der Waals surface area contributed by atoms with Crippen LogP contribution in [0.5, 0.6) is 5.75 Å². The first-order valence-electron chi connectivity index (χ1n) is 10.3. The smallest absolute Gasteiger partial charge is 0.345 e. The zero-order valence-electron chi connectivity index (χ0n) is 18.2. The number of aromatic nitrogens is 2. The van der Waals surface area contributed by atoms with Crippen LogP contribution >= 0.6 is 0 Å². The predicted molar refractivity (Wildman–Crippen MR) is 124 cm³/mol. The summed E-state index contributed by atoms with van der Waals surface area (Å²) in [6.07, 6.45) is 0. The molecule has 33 heavy (non-hydrogen) atoms. The van der Waals surface area contributed by atoms with Gasteiger partial charge in [-0.3, -0.25) is 4.79 Å². The van der Waals surface area contributed by atoms with Crippen LogP contribution in [0.25, 0.3) is 22.5 Å². The van der Waals surface area contributed by atoms with Crippen LogP contribution in [0.4, 0.5) is 4.39 Å². The lowest BCUT2D eigenvalue weighted by Gasteiger charge is -2.18. The highest BCUT2D eigenvalue weighted by Crippen LogP contribution is 2.26. The third-order valence-electron chi connectivity index (χ3n) is 5.37. The van der Waals surface area contributed by atoms with Crippen molar-refractivity contribution in [1.29, 1.82) is 0 Å². The van der Waals surface area contributed by atoms with E-state index in [1.54, 1.807) is 80.7 Å². The van der Waals surface area contributed by atoms with Gasteiger partial charge in [0.1, 0.15) is 11.6 Å². The number of amides is 1. The van der Waals surface area contributed by atoms with Crippen molar-refractivity contribution in [2.45, 2.75) is 13.5 Å². The summed E-state index contributed by atoms with van der Waals surface area (Å²) in [5, 5.41) is 9.77. The lowest BCUT2D eigenvalue weighted by Crippen LogP contribution is -2.26. The van der Waals surface area contributed by atoms with Crippen molar-refractivity contribution >= 4 is 5.91 Å². The Morgan fingerprint density at radius 3 is 2.58 bits per heavy atom. The van der Waals surface area contributed by atoms with Crippen molar-refractivity contribution in [3.63, 3.8) is 0 Å². The van der Waals surface area contributed by atoms with Gasteiger partial charge in [-0.05, 0) is 60.5 Å². The number of phenols is 1. The lowest BCUT2D eigenvalue weighted by molar-refractivity contribution is 0.0784. The van der Waals surface area contributed by atoms with Crippen LogP contribution < -0.4 is 5.69 Å². The second-order valence-electron chi connectivity index (χ2n) is 7.82. The van der Waals surface area contributed by atoms with Gasteiger partial charge < -0.3 is 15.0 Å². The number of benzene rings is 3. The summed E-state index contributed by atoms with van der Waals surface area (Å²) in [5.74, 6) is -0.476. The number of phenolic OH excluding ortho intramolecular Hbond substituents is 1. The Morgan fingerprint density at radius 1 is 1.03 bits per heavy atom. The molecule has 0 spiro atoms. The van der Waals surface area contributed by atoms with Crippen molar-refractivity contribution in [2.75, 3.05) is 7.05 Å². The van der Waals surface area contributed by atoms with Crippen LogP contribution in [0.1, 0.15) is 21.5 Å². The summed E-state index contributed by atoms with van der Waals surface area (Å²) < 4.78 is 14.0. The van der Waals surface area contributed by atoms with Gasteiger partial charge in [-0.1, -0.05) is 30.3 Å². The maximum Gasteiger partial charge on any atom is 0.345 e. The number of aromatic amines is 1. The normalized spacial score (nSPS) is 10.8. The summed E-state index contributed by atoms with van der Waals surface area (Å²) >= 11 is 0. The molecule has 4 aromatic rings. The molecule has 2 N–H and O–H groups in total. The first-order chi connectivity index (χ1) is 15.8. The maximum atomic E-state index is 14.0. The van der Waals surface area contributed by atoms with E-state index in [9.17, 15) is 19.1 Å². The minimum absolute atomic E-state index is 0.128. The first kappa shape index (κ1) is 22.0. The van der Waals surface area contributed by atoms with Crippen LogP contribution in [0.3, 0.4) is 0 Å². The minimum Gasteiger partial charge on any atom is -0.508 e. The number of hydrogen-bond donors (Lipinski definition) is 2. The molecule has 0 aliphatic rings.